The molecular weight excluding hydrogens is 372 g/mol. The number of rotatable bonds is 4. The average Bonchev–Trinajstić information content (AvgIpc) is 2.73. The van der Waals surface area contributed by atoms with E-state index in [9.17, 15) is 9.90 Å². The zero-order valence-corrected chi connectivity index (χ0v) is 15.9. The Bertz CT molecular complexity index is 1160. The minimum atomic E-state index is -0.0809. The van der Waals surface area contributed by atoms with Crippen LogP contribution < -0.4 is 4.74 Å². The first-order chi connectivity index (χ1) is 13.6. The van der Waals surface area contributed by atoms with Gasteiger partial charge in [-0.25, -0.2) is 0 Å². The van der Waals surface area contributed by atoms with E-state index in [-0.39, 0.29) is 11.5 Å². The molecule has 4 aromatic carbocycles. The first-order valence-electron chi connectivity index (χ1n) is 8.77. The van der Waals surface area contributed by atoms with Crippen molar-refractivity contribution in [2.45, 2.75) is 0 Å². The summed E-state index contributed by atoms with van der Waals surface area (Å²) < 4.78 is 5.18. The maximum absolute atomic E-state index is 13.3. The summed E-state index contributed by atoms with van der Waals surface area (Å²) in [6.07, 6.45) is 0. The lowest BCUT2D eigenvalue weighted by atomic mass is 9.89. The summed E-state index contributed by atoms with van der Waals surface area (Å²) in [6, 6.07) is 23.3. The Labute approximate surface area is 167 Å². The lowest BCUT2D eigenvalue weighted by Gasteiger charge is -2.14. The van der Waals surface area contributed by atoms with Crippen molar-refractivity contribution in [1.29, 1.82) is 0 Å². The van der Waals surface area contributed by atoms with Gasteiger partial charge in [0.25, 0.3) is 0 Å². The molecular formula is C24H17ClO3. The Hall–Kier alpha value is -3.30. The summed E-state index contributed by atoms with van der Waals surface area (Å²) in [7, 11) is 1.59. The fourth-order valence-corrected chi connectivity index (χ4v) is 3.46. The third kappa shape index (κ3) is 3.32. The van der Waals surface area contributed by atoms with Crippen LogP contribution in [0.2, 0.25) is 5.02 Å². The van der Waals surface area contributed by atoms with Gasteiger partial charge in [-0.15, -0.1) is 0 Å². The van der Waals surface area contributed by atoms with Crippen LogP contribution in [0.15, 0.2) is 78.9 Å². The fraction of sp³-hybridized carbons (Fsp3) is 0.0417. The number of hydrogen-bond donors (Lipinski definition) is 1. The summed E-state index contributed by atoms with van der Waals surface area (Å²) in [5.74, 6) is 0.801. The first kappa shape index (κ1) is 18.1. The fourth-order valence-electron chi connectivity index (χ4n) is 3.33. The van der Waals surface area contributed by atoms with Gasteiger partial charge in [-0.3, -0.25) is 4.79 Å². The van der Waals surface area contributed by atoms with E-state index in [0.29, 0.717) is 21.9 Å². The van der Waals surface area contributed by atoms with Crippen LogP contribution in [-0.4, -0.2) is 18.0 Å². The van der Waals surface area contributed by atoms with Crippen molar-refractivity contribution in [2.24, 2.45) is 0 Å². The molecule has 4 heteroatoms. The molecule has 0 aliphatic carbocycles. The van der Waals surface area contributed by atoms with Gasteiger partial charge in [0.1, 0.15) is 11.5 Å². The largest absolute Gasteiger partial charge is 0.508 e. The highest BCUT2D eigenvalue weighted by molar-refractivity contribution is 6.30. The number of hydrogen-bond acceptors (Lipinski definition) is 3. The van der Waals surface area contributed by atoms with Gasteiger partial charge in [0.15, 0.2) is 5.78 Å². The van der Waals surface area contributed by atoms with Crippen LogP contribution in [0.5, 0.6) is 11.5 Å². The van der Waals surface area contributed by atoms with Crippen molar-refractivity contribution in [2.75, 3.05) is 7.11 Å². The second-order valence-corrected chi connectivity index (χ2v) is 6.89. The van der Waals surface area contributed by atoms with Gasteiger partial charge in [-0.1, -0.05) is 35.9 Å². The van der Waals surface area contributed by atoms with Crippen LogP contribution in [-0.2, 0) is 0 Å². The summed E-state index contributed by atoms with van der Waals surface area (Å²) in [6.45, 7) is 0. The molecule has 1 N–H and O–H groups in total. The number of halogens is 1. The van der Waals surface area contributed by atoms with E-state index in [1.165, 1.54) is 0 Å². The Kier molecular flexibility index (Phi) is 4.76. The van der Waals surface area contributed by atoms with Crippen LogP contribution in [0.25, 0.3) is 21.9 Å². The van der Waals surface area contributed by atoms with Crippen molar-refractivity contribution < 1.29 is 14.6 Å². The molecule has 0 amide bonds. The van der Waals surface area contributed by atoms with Crippen LogP contribution in [0.4, 0.5) is 0 Å². The van der Waals surface area contributed by atoms with Gasteiger partial charge in [0.2, 0.25) is 0 Å². The number of phenols is 1. The van der Waals surface area contributed by atoms with E-state index >= 15 is 0 Å². The summed E-state index contributed by atoms with van der Waals surface area (Å²) in [5, 5.41) is 12.2. The first-order valence-corrected chi connectivity index (χ1v) is 9.15. The molecule has 28 heavy (non-hydrogen) atoms. The van der Waals surface area contributed by atoms with E-state index in [2.05, 4.69) is 0 Å². The van der Waals surface area contributed by atoms with E-state index in [1.54, 1.807) is 61.7 Å². The highest BCUT2D eigenvalue weighted by Gasteiger charge is 2.18. The quantitative estimate of drug-likeness (QED) is 0.429. The van der Waals surface area contributed by atoms with E-state index in [0.717, 1.165) is 21.9 Å². The number of ether oxygens (including phenoxy) is 1. The Morgan fingerprint density at radius 3 is 2.29 bits per heavy atom. The topological polar surface area (TPSA) is 46.5 Å². The molecule has 0 bridgehead atoms. The Morgan fingerprint density at radius 1 is 0.893 bits per heavy atom. The molecule has 3 nitrogen and oxygen atoms in total. The third-order valence-corrected chi connectivity index (χ3v) is 4.99. The number of carbonyl (C=O) groups is 1. The van der Waals surface area contributed by atoms with E-state index in [4.69, 9.17) is 16.3 Å². The van der Waals surface area contributed by atoms with Gasteiger partial charge in [0.05, 0.1) is 7.11 Å². The molecule has 0 saturated heterocycles. The molecule has 138 valence electrons. The molecule has 0 aliphatic rings. The average molecular weight is 389 g/mol. The Morgan fingerprint density at radius 2 is 1.61 bits per heavy atom. The monoisotopic (exact) mass is 388 g/mol. The maximum Gasteiger partial charge on any atom is 0.193 e. The van der Waals surface area contributed by atoms with Gasteiger partial charge < -0.3 is 9.84 Å². The number of methoxy groups -OCH3 is 1. The number of fused-ring (bicyclic) bond motifs is 1. The Balaban J connectivity index is 1.94. The summed E-state index contributed by atoms with van der Waals surface area (Å²) in [5.41, 5.74) is 2.87. The SMILES string of the molecule is COc1ccc(C(=O)c2ccc3cc(O)ccc3c2-c2ccc(Cl)cc2)cc1. The van der Waals surface area contributed by atoms with Gasteiger partial charge >= 0.3 is 0 Å². The number of carbonyl (C=O) groups excluding carboxylic acids is 1. The van der Waals surface area contributed by atoms with Crippen LogP contribution in [0, 0.1) is 0 Å². The van der Waals surface area contributed by atoms with Crippen LogP contribution in [0.3, 0.4) is 0 Å². The number of ketones is 1. The van der Waals surface area contributed by atoms with Crippen LogP contribution in [0.1, 0.15) is 15.9 Å². The molecule has 0 atom stereocenters. The van der Waals surface area contributed by atoms with E-state index in [1.807, 2.05) is 24.3 Å². The zero-order chi connectivity index (χ0) is 19.7. The molecule has 0 heterocycles. The lowest BCUT2D eigenvalue weighted by molar-refractivity contribution is 0.103. The predicted octanol–water partition coefficient (Wildman–Crippen LogP) is 6.11. The second-order valence-electron chi connectivity index (χ2n) is 6.46. The van der Waals surface area contributed by atoms with Gasteiger partial charge in [-0.2, -0.15) is 0 Å². The molecule has 0 unspecified atom stereocenters. The third-order valence-electron chi connectivity index (χ3n) is 4.73. The minimum Gasteiger partial charge on any atom is -0.508 e. The molecule has 0 radical (unpaired) electrons. The molecule has 4 aromatic rings. The minimum absolute atomic E-state index is 0.0809. The molecule has 0 aromatic heterocycles. The van der Waals surface area contributed by atoms with Crippen molar-refractivity contribution >= 4 is 28.2 Å². The van der Waals surface area contributed by atoms with Crippen LogP contribution >= 0.6 is 11.6 Å². The highest BCUT2D eigenvalue weighted by Crippen LogP contribution is 2.35. The highest BCUT2D eigenvalue weighted by atomic mass is 35.5. The zero-order valence-electron chi connectivity index (χ0n) is 15.1. The standard InChI is InChI=1S/C24H17ClO3/c1-28-20-10-4-16(5-11-20)24(27)22-12-6-17-14-19(26)9-13-21(17)23(22)15-2-7-18(25)8-3-15/h2-14,26H,1H3. The van der Waals surface area contributed by atoms with E-state index < -0.39 is 0 Å². The lowest BCUT2D eigenvalue weighted by Crippen LogP contribution is -2.04. The molecule has 0 saturated carbocycles. The maximum atomic E-state index is 13.3. The molecule has 0 fully saturated rings. The predicted molar refractivity (Wildman–Crippen MR) is 112 cm³/mol. The smallest absolute Gasteiger partial charge is 0.193 e. The molecule has 0 aliphatic heterocycles. The number of phenolic OH excluding ortho intramolecular Hbond substituents is 1. The number of aromatic hydroxyl groups is 1. The summed E-state index contributed by atoms with van der Waals surface area (Å²) in [4.78, 5) is 13.3. The molecule has 0 spiro atoms. The number of benzene rings is 4. The van der Waals surface area contributed by atoms with Crippen molar-refractivity contribution in [3.05, 3.63) is 95.0 Å². The normalized spacial score (nSPS) is 10.8. The van der Waals surface area contributed by atoms with Gasteiger partial charge in [-0.05, 0) is 70.9 Å². The van der Waals surface area contributed by atoms with Crippen molar-refractivity contribution in [3.8, 4) is 22.6 Å². The van der Waals surface area contributed by atoms with Crippen molar-refractivity contribution in [1.82, 2.24) is 0 Å². The second kappa shape index (κ2) is 7.37. The molecule has 4 rings (SSSR count). The summed E-state index contributed by atoms with van der Waals surface area (Å²) >= 11 is 6.05. The van der Waals surface area contributed by atoms with Crippen molar-refractivity contribution in [3.63, 3.8) is 0 Å². The van der Waals surface area contributed by atoms with Gasteiger partial charge in [0, 0.05) is 21.7 Å².